The standard InChI is InChI=1S/C17H19N5O2/c1-11-4-2-3-5-15(11)21-9-14-6-13(21)10-22(14)17-18-7-12(8-19-17)16(23)20-24/h2-5,7-8,13-14,24H,6,9-10H2,1H3,(H,20,23)/t13-,14-/m1/s1. The van der Waals surface area contributed by atoms with E-state index in [1.54, 1.807) is 5.48 Å². The number of hydrogen-bond donors (Lipinski definition) is 2. The number of rotatable bonds is 3. The summed E-state index contributed by atoms with van der Waals surface area (Å²) in [6, 6.07) is 9.32. The summed E-state index contributed by atoms with van der Waals surface area (Å²) < 4.78 is 0. The Balaban J connectivity index is 1.50. The van der Waals surface area contributed by atoms with Crippen LogP contribution in [0.5, 0.6) is 0 Å². The Morgan fingerprint density at radius 1 is 1.17 bits per heavy atom. The number of aromatic nitrogens is 2. The van der Waals surface area contributed by atoms with Gasteiger partial charge in [0.15, 0.2) is 0 Å². The van der Waals surface area contributed by atoms with Gasteiger partial charge in [0.25, 0.3) is 5.91 Å². The highest BCUT2D eigenvalue weighted by Crippen LogP contribution is 2.37. The van der Waals surface area contributed by atoms with Crippen LogP contribution in [0.1, 0.15) is 22.3 Å². The summed E-state index contributed by atoms with van der Waals surface area (Å²) in [6.07, 6.45) is 3.98. The van der Waals surface area contributed by atoms with Crippen molar-refractivity contribution < 1.29 is 10.0 Å². The first-order valence-corrected chi connectivity index (χ1v) is 8.03. The minimum Gasteiger partial charge on any atom is -0.364 e. The predicted molar refractivity (Wildman–Crippen MR) is 89.3 cm³/mol. The number of amides is 1. The molecule has 0 aliphatic carbocycles. The van der Waals surface area contributed by atoms with Crippen molar-refractivity contribution in [2.75, 3.05) is 22.9 Å². The molecule has 1 aromatic heterocycles. The summed E-state index contributed by atoms with van der Waals surface area (Å²) >= 11 is 0. The third-order valence-electron chi connectivity index (χ3n) is 4.92. The second-order valence-corrected chi connectivity index (χ2v) is 6.35. The number of anilines is 2. The molecule has 2 bridgehead atoms. The Morgan fingerprint density at radius 3 is 2.46 bits per heavy atom. The molecule has 1 aromatic carbocycles. The van der Waals surface area contributed by atoms with E-state index in [1.165, 1.54) is 23.6 Å². The minimum absolute atomic E-state index is 0.243. The first-order valence-electron chi connectivity index (χ1n) is 8.03. The molecule has 2 N–H and O–H groups in total. The van der Waals surface area contributed by atoms with Gasteiger partial charge in [-0.05, 0) is 25.0 Å². The summed E-state index contributed by atoms with van der Waals surface area (Å²) in [4.78, 5) is 24.6. The first-order chi connectivity index (χ1) is 11.7. The highest BCUT2D eigenvalue weighted by molar-refractivity contribution is 5.92. The first kappa shape index (κ1) is 14.9. The molecule has 2 saturated heterocycles. The van der Waals surface area contributed by atoms with E-state index in [-0.39, 0.29) is 5.56 Å². The van der Waals surface area contributed by atoms with Gasteiger partial charge in [-0.25, -0.2) is 15.4 Å². The van der Waals surface area contributed by atoms with Gasteiger partial charge >= 0.3 is 0 Å². The third-order valence-corrected chi connectivity index (χ3v) is 4.92. The van der Waals surface area contributed by atoms with E-state index in [1.807, 2.05) is 0 Å². The van der Waals surface area contributed by atoms with Gasteiger partial charge in [0.2, 0.25) is 5.95 Å². The van der Waals surface area contributed by atoms with Crippen molar-refractivity contribution in [1.29, 1.82) is 0 Å². The van der Waals surface area contributed by atoms with Crippen LogP contribution in [0.15, 0.2) is 36.7 Å². The normalized spacial score (nSPS) is 22.1. The largest absolute Gasteiger partial charge is 0.364 e. The molecule has 7 nitrogen and oxygen atoms in total. The Labute approximate surface area is 139 Å². The monoisotopic (exact) mass is 325 g/mol. The molecule has 7 heteroatoms. The molecule has 2 aliphatic heterocycles. The average Bonchev–Trinajstić information content (AvgIpc) is 3.22. The quantitative estimate of drug-likeness (QED) is 0.655. The van der Waals surface area contributed by atoms with Crippen LogP contribution in [-0.4, -0.2) is 46.3 Å². The van der Waals surface area contributed by atoms with Crippen LogP contribution in [-0.2, 0) is 0 Å². The molecule has 24 heavy (non-hydrogen) atoms. The highest BCUT2D eigenvalue weighted by atomic mass is 16.5. The summed E-state index contributed by atoms with van der Waals surface area (Å²) in [6.45, 7) is 3.98. The molecule has 2 fully saturated rings. The van der Waals surface area contributed by atoms with Gasteiger partial charge in [-0.15, -0.1) is 0 Å². The van der Waals surface area contributed by atoms with Crippen LogP contribution in [0.2, 0.25) is 0 Å². The number of nitrogens with one attached hydrogen (secondary N) is 1. The smallest absolute Gasteiger partial charge is 0.277 e. The third kappa shape index (κ3) is 2.37. The number of piperazine rings is 1. The van der Waals surface area contributed by atoms with Gasteiger partial charge in [-0.2, -0.15) is 0 Å². The molecular formula is C17H19N5O2. The topological polar surface area (TPSA) is 81.6 Å². The molecule has 0 unspecified atom stereocenters. The van der Waals surface area contributed by atoms with Crippen molar-refractivity contribution >= 4 is 17.5 Å². The number of carbonyl (C=O) groups excluding carboxylic acids is 1. The maximum absolute atomic E-state index is 11.3. The molecule has 3 heterocycles. The Hall–Kier alpha value is -2.67. The van der Waals surface area contributed by atoms with Crippen LogP contribution >= 0.6 is 0 Å². The Bertz CT molecular complexity index is 764. The van der Waals surface area contributed by atoms with Gasteiger partial charge < -0.3 is 9.80 Å². The van der Waals surface area contributed by atoms with Crippen molar-refractivity contribution in [1.82, 2.24) is 15.4 Å². The lowest BCUT2D eigenvalue weighted by molar-refractivity contribution is 0.0705. The molecule has 124 valence electrons. The number of fused-ring (bicyclic) bond motifs is 2. The van der Waals surface area contributed by atoms with Gasteiger partial charge in [-0.1, -0.05) is 18.2 Å². The summed E-state index contributed by atoms with van der Waals surface area (Å²) in [5.74, 6) is 0.0386. The Morgan fingerprint density at radius 2 is 1.83 bits per heavy atom. The van der Waals surface area contributed by atoms with Crippen LogP contribution in [0.4, 0.5) is 11.6 Å². The van der Waals surface area contributed by atoms with Crippen LogP contribution in [0.25, 0.3) is 0 Å². The average molecular weight is 325 g/mol. The minimum atomic E-state index is -0.602. The van der Waals surface area contributed by atoms with Crippen LogP contribution in [0.3, 0.4) is 0 Å². The van der Waals surface area contributed by atoms with Crippen molar-refractivity contribution in [2.45, 2.75) is 25.4 Å². The fraction of sp³-hybridized carbons (Fsp3) is 0.353. The number of hydroxylamine groups is 1. The zero-order valence-electron chi connectivity index (χ0n) is 13.4. The summed E-state index contributed by atoms with van der Waals surface area (Å²) in [7, 11) is 0. The molecule has 2 atom stereocenters. The SMILES string of the molecule is Cc1ccccc1N1C[C@H]2C[C@@H]1CN2c1ncc(C(=O)NO)cn1. The molecule has 4 rings (SSSR count). The number of hydrogen-bond acceptors (Lipinski definition) is 6. The zero-order chi connectivity index (χ0) is 16.7. The number of para-hydroxylation sites is 1. The van der Waals surface area contributed by atoms with E-state index < -0.39 is 5.91 Å². The maximum Gasteiger partial charge on any atom is 0.277 e. The lowest BCUT2D eigenvalue weighted by Crippen LogP contribution is -2.47. The van der Waals surface area contributed by atoms with E-state index >= 15 is 0 Å². The van der Waals surface area contributed by atoms with Crippen LogP contribution in [0, 0.1) is 6.92 Å². The van der Waals surface area contributed by atoms with E-state index in [9.17, 15) is 4.79 Å². The van der Waals surface area contributed by atoms with Crippen molar-refractivity contribution in [3.8, 4) is 0 Å². The summed E-state index contributed by atoms with van der Waals surface area (Å²) in [5.41, 5.74) is 4.43. The second-order valence-electron chi connectivity index (χ2n) is 6.35. The highest BCUT2D eigenvalue weighted by Gasteiger charge is 2.44. The number of nitrogens with zero attached hydrogens (tertiary/aromatic N) is 4. The van der Waals surface area contributed by atoms with E-state index in [2.05, 4.69) is 51.0 Å². The summed E-state index contributed by atoms with van der Waals surface area (Å²) in [5, 5.41) is 8.64. The maximum atomic E-state index is 11.3. The van der Waals surface area contributed by atoms with Crippen molar-refractivity contribution in [2.24, 2.45) is 0 Å². The second kappa shape index (κ2) is 5.76. The van der Waals surface area contributed by atoms with E-state index in [4.69, 9.17) is 5.21 Å². The molecule has 2 aliphatic rings. The number of carbonyl (C=O) groups is 1. The van der Waals surface area contributed by atoms with Gasteiger partial charge in [0.05, 0.1) is 11.6 Å². The van der Waals surface area contributed by atoms with E-state index in [0.29, 0.717) is 18.0 Å². The van der Waals surface area contributed by atoms with Gasteiger partial charge in [-0.3, -0.25) is 10.0 Å². The lowest BCUT2D eigenvalue weighted by Gasteiger charge is -2.36. The Kier molecular flexibility index (Phi) is 3.57. The molecular weight excluding hydrogens is 306 g/mol. The van der Waals surface area contributed by atoms with E-state index in [0.717, 1.165) is 19.5 Å². The van der Waals surface area contributed by atoms with Crippen molar-refractivity contribution in [3.05, 3.63) is 47.8 Å². The molecule has 1 amide bonds. The number of benzene rings is 1. The number of aryl methyl sites for hydroxylation is 1. The fourth-order valence-electron chi connectivity index (χ4n) is 3.74. The predicted octanol–water partition coefficient (Wildman–Crippen LogP) is 1.37. The molecule has 0 saturated carbocycles. The van der Waals surface area contributed by atoms with Crippen LogP contribution < -0.4 is 15.3 Å². The molecule has 0 radical (unpaired) electrons. The van der Waals surface area contributed by atoms with Crippen molar-refractivity contribution in [3.63, 3.8) is 0 Å². The molecule has 0 spiro atoms. The lowest BCUT2D eigenvalue weighted by atomic mass is 10.1. The van der Waals surface area contributed by atoms with Gasteiger partial charge in [0.1, 0.15) is 0 Å². The molecule has 2 aromatic rings. The van der Waals surface area contributed by atoms with Gasteiger partial charge in [0, 0.05) is 37.2 Å². The zero-order valence-corrected chi connectivity index (χ0v) is 13.4. The fourth-order valence-corrected chi connectivity index (χ4v) is 3.74.